The van der Waals surface area contributed by atoms with E-state index in [0.29, 0.717) is 30.5 Å². The summed E-state index contributed by atoms with van der Waals surface area (Å²) in [5, 5.41) is 2.38. The molecule has 1 N–H and O–H groups in total. The molecule has 1 aromatic carbocycles. The minimum absolute atomic E-state index is 0.120. The van der Waals surface area contributed by atoms with Crippen molar-refractivity contribution in [2.75, 3.05) is 57.3 Å². The van der Waals surface area contributed by atoms with Gasteiger partial charge in [0, 0.05) is 75.6 Å². The zero-order valence-corrected chi connectivity index (χ0v) is 27.4. The summed E-state index contributed by atoms with van der Waals surface area (Å²) in [6.07, 6.45) is 5.17. The zero-order chi connectivity index (χ0) is 31.9. The highest BCUT2D eigenvalue weighted by atomic mass is 16.6. The fraction of sp³-hybridized carbons (Fsp3) is 0.706. The minimum atomic E-state index is -0.580. The first-order valence-corrected chi connectivity index (χ1v) is 16.9. The maximum absolute atomic E-state index is 13.1. The normalized spacial score (nSPS) is 26.3. The second-order valence-corrected chi connectivity index (χ2v) is 14.7. The fourth-order valence-corrected chi connectivity index (χ4v) is 7.90. The van der Waals surface area contributed by atoms with Gasteiger partial charge in [-0.05, 0) is 103 Å². The first-order chi connectivity index (χ1) is 21.4. The molecule has 0 bridgehead atoms. The Bertz CT molecular complexity index is 1300. The molecule has 6 rings (SSSR count). The number of ether oxygens (including phenoxy) is 1. The van der Waals surface area contributed by atoms with Gasteiger partial charge in [-0.2, -0.15) is 0 Å². The van der Waals surface area contributed by atoms with Crippen LogP contribution in [0.3, 0.4) is 0 Å². The molecule has 4 saturated heterocycles. The van der Waals surface area contributed by atoms with E-state index in [2.05, 4.69) is 33.0 Å². The summed E-state index contributed by atoms with van der Waals surface area (Å²) >= 11 is 0. The number of nitrogens with one attached hydrogen (secondary N) is 1. The van der Waals surface area contributed by atoms with Crippen LogP contribution in [0.4, 0.5) is 10.5 Å². The summed E-state index contributed by atoms with van der Waals surface area (Å²) in [6, 6.07) is 6.27. The van der Waals surface area contributed by atoms with Crippen molar-refractivity contribution in [1.29, 1.82) is 0 Å². The molecule has 2 atom stereocenters. The predicted molar refractivity (Wildman–Crippen MR) is 171 cm³/mol. The number of nitrogens with zero attached hydrogens (tertiary/aromatic N) is 5. The predicted octanol–water partition coefficient (Wildman–Crippen LogP) is 3.07. The Morgan fingerprint density at radius 2 is 1.69 bits per heavy atom. The molecule has 0 aliphatic carbocycles. The SMILES string of the molecule is C[C@H]1CN(CC2CCN(C3CCN(c4ccc5c(c4)CN(C4CCC(=O)NC4=O)C5=O)CC3)CC2)CCN1C(=O)OC(C)(C)C. The average Bonchev–Trinajstić information content (AvgIpc) is 3.32. The Kier molecular flexibility index (Phi) is 9.12. The first-order valence-electron chi connectivity index (χ1n) is 16.9. The second kappa shape index (κ2) is 12.9. The molecule has 4 amide bonds. The molecule has 246 valence electrons. The van der Waals surface area contributed by atoms with E-state index in [1.807, 2.05) is 37.8 Å². The molecule has 0 spiro atoms. The average molecular weight is 623 g/mol. The molecule has 0 aromatic heterocycles. The maximum atomic E-state index is 13.1. The highest BCUT2D eigenvalue weighted by molar-refractivity contribution is 6.05. The van der Waals surface area contributed by atoms with Crippen LogP contribution < -0.4 is 10.2 Å². The lowest BCUT2D eigenvalue weighted by Gasteiger charge is -2.44. The highest BCUT2D eigenvalue weighted by Gasteiger charge is 2.39. The van der Waals surface area contributed by atoms with E-state index in [1.165, 1.54) is 12.8 Å². The third-order valence-corrected chi connectivity index (χ3v) is 10.4. The van der Waals surface area contributed by atoms with Crippen LogP contribution in [0.1, 0.15) is 82.1 Å². The molecule has 45 heavy (non-hydrogen) atoms. The van der Waals surface area contributed by atoms with E-state index in [0.717, 1.165) is 76.5 Å². The number of hydrogen-bond acceptors (Lipinski definition) is 8. The summed E-state index contributed by atoms with van der Waals surface area (Å²) in [5.74, 6) is -0.0511. The quantitative estimate of drug-likeness (QED) is 0.500. The van der Waals surface area contributed by atoms with Gasteiger partial charge in [0.1, 0.15) is 11.6 Å². The van der Waals surface area contributed by atoms with Gasteiger partial charge in [-0.15, -0.1) is 0 Å². The number of imide groups is 1. The Morgan fingerprint density at radius 3 is 2.36 bits per heavy atom. The van der Waals surface area contributed by atoms with Gasteiger partial charge in [0.25, 0.3) is 5.91 Å². The van der Waals surface area contributed by atoms with E-state index in [1.54, 1.807) is 4.90 Å². The first kappa shape index (κ1) is 31.8. The largest absolute Gasteiger partial charge is 0.444 e. The van der Waals surface area contributed by atoms with Crippen molar-refractivity contribution in [3.05, 3.63) is 29.3 Å². The van der Waals surface area contributed by atoms with Gasteiger partial charge in [0.2, 0.25) is 11.8 Å². The molecule has 5 aliphatic heterocycles. The van der Waals surface area contributed by atoms with Gasteiger partial charge in [0.05, 0.1) is 0 Å². The molecular weight excluding hydrogens is 572 g/mol. The Hall–Kier alpha value is -3.18. The van der Waals surface area contributed by atoms with Crippen molar-refractivity contribution < 1.29 is 23.9 Å². The Balaban J connectivity index is 0.939. The molecule has 1 unspecified atom stereocenters. The fourth-order valence-electron chi connectivity index (χ4n) is 7.90. The third kappa shape index (κ3) is 7.14. The molecule has 5 heterocycles. The number of piperidine rings is 3. The minimum Gasteiger partial charge on any atom is -0.444 e. The summed E-state index contributed by atoms with van der Waals surface area (Å²) in [7, 11) is 0. The monoisotopic (exact) mass is 622 g/mol. The Morgan fingerprint density at radius 1 is 0.956 bits per heavy atom. The maximum Gasteiger partial charge on any atom is 0.410 e. The lowest BCUT2D eigenvalue weighted by atomic mass is 9.92. The lowest BCUT2D eigenvalue weighted by Crippen LogP contribution is -2.56. The van der Waals surface area contributed by atoms with Crippen LogP contribution in [0.15, 0.2) is 18.2 Å². The van der Waals surface area contributed by atoms with Crippen LogP contribution in [-0.4, -0.2) is 119 Å². The number of hydrogen-bond donors (Lipinski definition) is 1. The topological polar surface area (TPSA) is 106 Å². The van der Waals surface area contributed by atoms with Gasteiger partial charge in [-0.1, -0.05) is 0 Å². The van der Waals surface area contributed by atoms with E-state index >= 15 is 0 Å². The summed E-state index contributed by atoms with van der Waals surface area (Å²) < 4.78 is 5.61. The van der Waals surface area contributed by atoms with Gasteiger partial charge in [-0.25, -0.2) is 4.79 Å². The summed E-state index contributed by atoms with van der Waals surface area (Å²) in [5.41, 5.74) is 2.31. The van der Waals surface area contributed by atoms with E-state index in [4.69, 9.17) is 4.74 Å². The number of fused-ring (bicyclic) bond motifs is 1. The van der Waals surface area contributed by atoms with Crippen LogP contribution in [0.25, 0.3) is 0 Å². The van der Waals surface area contributed by atoms with Crippen LogP contribution >= 0.6 is 0 Å². The van der Waals surface area contributed by atoms with Crippen molar-refractivity contribution in [2.45, 2.75) is 96.5 Å². The number of likely N-dealkylation sites (tertiary alicyclic amines) is 1. The van der Waals surface area contributed by atoms with Gasteiger partial charge in [-0.3, -0.25) is 24.6 Å². The van der Waals surface area contributed by atoms with Gasteiger partial charge >= 0.3 is 6.09 Å². The number of carbonyl (C=O) groups is 4. The van der Waals surface area contributed by atoms with Crippen molar-refractivity contribution in [3.63, 3.8) is 0 Å². The molecular formula is C34H50N6O5. The smallest absolute Gasteiger partial charge is 0.410 e. The molecule has 11 heteroatoms. The highest BCUT2D eigenvalue weighted by Crippen LogP contribution is 2.33. The van der Waals surface area contributed by atoms with Crippen LogP contribution in [0.5, 0.6) is 0 Å². The van der Waals surface area contributed by atoms with E-state index in [9.17, 15) is 19.2 Å². The van der Waals surface area contributed by atoms with Crippen molar-refractivity contribution in [1.82, 2.24) is 24.9 Å². The summed E-state index contributed by atoms with van der Waals surface area (Å²) in [6.45, 7) is 16.2. The number of benzene rings is 1. The standard InChI is InChI=1S/C34H50N6O5/c1-23-20-36(17-18-39(23)33(44)45-34(2,3)4)21-24-9-13-37(14-10-24)26-11-15-38(16-12-26)27-5-6-28-25(19-27)22-40(32(28)43)29-7-8-30(41)35-31(29)42/h5-6,19,23-24,26,29H,7-18,20-22H2,1-4H3,(H,35,41,42)/t23-,29?/m0/s1. The number of rotatable bonds is 5. The van der Waals surface area contributed by atoms with Gasteiger partial charge in [0.15, 0.2) is 0 Å². The molecule has 11 nitrogen and oxygen atoms in total. The summed E-state index contributed by atoms with van der Waals surface area (Å²) in [4.78, 5) is 60.8. The van der Waals surface area contributed by atoms with Gasteiger partial charge < -0.3 is 24.3 Å². The number of anilines is 1. The molecule has 0 radical (unpaired) electrons. The van der Waals surface area contributed by atoms with Crippen molar-refractivity contribution in [2.24, 2.45) is 5.92 Å². The van der Waals surface area contributed by atoms with Crippen LogP contribution in [0.2, 0.25) is 0 Å². The van der Waals surface area contributed by atoms with Crippen molar-refractivity contribution in [3.8, 4) is 0 Å². The molecule has 5 aliphatic rings. The Labute approximate surface area is 267 Å². The third-order valence-electron chi connectivity index (χ3n) is 10.4. The van der Waals surface area contributed by atoms with Crippen molar-refractivity contribution >= 4 is 29.5 Å². The second-order valence-electron chi connectivity index (χ2n) is 14.7. The molecule has 4 fully saturated rings. The van der Waals surface area contributed by atoms with Crippen LogP contribution in [-0.2, 0) is 20.9 Å². The zero-order valence-electron chi connectivity index (χ0n) is 27.4. The lowest BCUT2D eigenvalue weighted by molar-refractivity contribution is -0.136. The number of carbonyl (C=O) groups excluding carboxylic acids is 4. The molecule has 0 saturated carbocycles. The number of amides is 4. The van der Waals surface area contributed by atoms with E-state index in [-0.39, 0.29) is 36.3 Å². The van der Waals surface area contributed by atoms with E-state index < -0.39 is 11.6 Å². The van der Waals surface area contributed by atoms with Crippen LogP contribution in [0, 0.1) is 5.92 Å². The number of piperazine rings is 1. The molecule has 1 aromatic rings.